The first-order valence-electron chi connectivity index (χ1n) is 12.5. The van der Waals surface area contributed by atoms with Crippen molar-refractivity contribution in [3.8, 4) is 0 Å². The van der Waals surface area contributed by atoms with Crippen LogP contribution in [0.3, 0.4) is 0 Å². The molecule has 0 aromatic heterocycles. The molecule has 0 radical (unpaired) electrons. The lowest BCUT2D eigenvalue weighted by atomic mass is 10.1. The molecule has 0 fully saturated rings. The summed E-state index contributed by atoms with van der Waals surface area (Å²) in [4.78, 5) is 45.4. The number of rotatable bonds is 7. The average Bonchev–Trinajstić information content (AvgIpc) is 2.96. The van der Waals surface area contributed by atoms with Gasteiger partial charge in [-0.1, -0.05) is 44.2 Å². The van der Waals surface area contributed by atoms with Crippen LogP contribution in [0.1, 0.15) is 20.3 Å². The first-order chi connectivity index (χ1) is 18.2. The van der Waals surface area contributed by atoms with E-state index in [1.165, 1.54) is 28.0 Å². The Balaban J connectivity index is 1.74. The Hall–Kier alpha value is -4.40. The van der Waals surface area contributed by atoms with Crippen LogP contribution in [-0.2, 0) is 9.59 Å². The Morgan fingerprint density at radius 1 is 0.921 bits per heavy atom. The van der Waals surface area contributed by atoms with Crippen molar-refractivity contribution in [3.63, 3.8) is 0 Å². The standard InChI is InChI=1S/C29H32FN5O3/c1-19(2)16-17-34-24-14-7-8-15-25(24)35(23-13-6-5-12-22(23)30)28(37)26(27(34)36)32-29(38)31-20-10-9-11-21(18-20)33(3)4/h5-15,18-19,26H,16-17H2,1-4H3,(H2,31,32,38)/t26-/m1/s1. The second-order valence-corrected chi connectivity index (χ2v) is 9.76. The summed E-state index contributed by atoms with van der Waals surface area (Å²) in [5.41, 5.74) is 2.19. The van der Waals surface area contributed by atoms with E-state index in [9.17, 15) is 14.4 Å². The van der Waals surface area contributed by atoms with Crippen LogP contribution in [-0.4, -0.2) is 44.5 Å². The van der Waals surface area contributed by atoms with Gasteiger partial charge in [-0.25, -0.2) is 9.18 Å². The number of carbonyl (C=O) groups excluding carboxylic acids is 3. The lowest BCUT2D eigenvalue weighted by Gasteiger charge is -2.26. The van der Waals surface area contributed by atoms with Crippen molar-refractivity contribution in [2.45, 2.75) is 26.3 Å². The molecule has 0 aliphatic carbocycles. The third kappa shape index (κ3) is 5.61. The van der Waals surface area contributed by atoms with E-state index >= 15 is 4.39 Å². The molecule has 8 nitrogen and oxygen atoms in total. The fourth-order valence-electron chi connectivity index (χ4n) is 4.29. The molecule has 0 bridgehead atoms. The third-order valence-electron chi connectivity index (χ3n) is 6.31. The van der Waals surface area contributed by atoms with E-state index in [0.717, 1.165) is 5.69 Å². The normalized spacial score (nSPS) is 15.3. The smallest absolute Gasteiger partial charge is 0.320 e. The summed E-state index contributed by atoms with van der Waals surface area (Å²) in [6, 6.07) is 17.6. The van der Waals surface area contributed by atoms with Gasteiger partial charge in [0.1, 0.15) is 5.82 Å². The number of hydrogen-bond acceptors (Lipinski definition) is 4. The van der Waals surface area contributed by atoms with Crippen molar-refractivity contribution >= 4 is 46.3 Å². The number of nitrogens with zero attached hydrogens (tertiary/aromatic N) is 3. The molecule has 1 atom stereocenters. The summed E-state index contributed by atoms with van der Waals surface area (Å²) in [5.74, 6) is -1.67. The van der Waals surface area contributed by atoms with Crippen LogP contribution in [0.2, 0.25) is 0 Å². The number of fused-ring (bicyclic) bond motifs is 1. The number of benzene rings is 3. The molecule has 1 aliphatic heterocycles. The molecule has 4 rings (SSSR count). The predicted molar refractivity (Wildman–Crippen MR) is 149 cm³/mol. The molecule has 38 heavy (non-hydrogen) atoms. The van der Waals surface area contributed by atoms with Crippen molar-refractivity contribution in [2.75, 3.05) is 40.7 Å². The van der Waals surface area contributed by atoms with Gasteiger partial charge in [0.25, 0.3) is 11.8 Å². The summed E-state index contributed by atoms with van der Waals surface area (Å²) in [6.45, 7) is 4.41. The van der Waals surface area contributed by atoms with Crippen LogP contribution in [0, 0.1) is 11.7 Å². The number of para-hydroxylation sites is 3. The summed E-state index contributed by atoms with van der Waals surface area (Å²) in [6.07, 6.45) is 0.671. The van der Waals surface area contributed by atoms with Gasteiger partial charge in [0.05, 0.1) is 17.1 Å². The van der Waals surface area contributed by atoms with E-state index < -0.39 is 29.7 Å². The Kier molecular flexibility index (Phi) is 7.95. The lowest BCUT2D eigenvalue weighted by molar-refractivity contribution is -0.128. The van der Waals surface area contributed by atoms with E-state index in [1.54, 1.807) is 48.5 Å². The van der Waals surface area contributed by atoms with Crippen molar-refractivity contribution in [1.29, 1.82) is 0 Å². The summed E-state index contributed by atoms with van der Waals surface area (Å²) >= 11 is 0. The topological polar surface area (TPSA) is 85.0 Å². The highest BCUT2D eigenvalue weighted by atomic mass is 19.1. The minimum atomic E-state index is -1.58. The fraction of sp³-hybridized carbons (Fsp3) is 0.276. The van der Waals surface area contributed by atoms with Gasteiger partial charge in [-0.05, 0) is 54.8 Å². The number of anilines is 5. The van der Waals surface area contributed by atoms with Crippen LogP contribution < -0.4 is 25.3 Å². The molecule has 0 saturated heterocycles. The van der Waals surface area contributed by atoms with E-state index in [0.29, 0.717) is 30.0 Å². The van der Waals surface area contributed by atoms with Crippen molar-refractivity contribution in [3.05, 3.63) is 78.6 Å². The predicted octanol–water partition coefficient (Wildman–Crippen LogP) is 5.14. The SMILES string of the molecule is CC(C)CCN1C(=O)[C@@H](NC(=O)Nc2cccc(N(C)C)c2)C(=O)N(c2ccccc2F)c2ccccc21. The van der Waals surface area contributed by atoms with Crippen LogP contribution in [0.4, 0.5) is 37.6 Å². The van der Waals surface area contributed by atoms with Crippen LogP contribution in [0.25, 0.3) is 0 Å². The Labute approximate surface area is 222 Å². The molecule has 0 spiro atoms. The quantitative estimate of drug-likeness (QED) is 0.425. The molecule has 198 valence electrons. The molecule has 4 amide bonds. The Morgan fingerprint density at radius 3 is 2.24 bits per heavy atom. The van der Waals surface area contributed by atoms with E-state index in [1.807, 2.05) is 38.9 Å². The Morgan fingerprint density at radius 2 is 1.58 bits per heavy atom. The molecule has 1 aliphatic rings. The number of halogens is 1. The first kappa shape index (κ1) is 26.7. The van der Waals surface area contributed by atoms with E-state index in [4.69, 9.17) is 0 Å². The average molecular weight is 518 g/mol. The van der Waals surface area contributed by atoms with Gasteiger partial charge >= 0.3 is 6.03 Å². The van der Waals surface area contributed by atoms with Gasteiger partial charge in [0.15, 0.2) is 6.04 Å². The van der Waals surface area contributed by atoms with Gasteiger partial charge in [0.2, 0.25) is 0 Å². The second kappa shape index (κ2) is 11.3. The van der Waals surface area contributed by atoms with E-state index in [-0.39, 0.29) is 11.6 Å². The highest BCUT2D eigenvalue weighted by molar-refractivity contribution is 6.24. The van der Waals surface area contributed by atoms with Gasteiger partial charge < -0.3 is 20.4 Å². The van der Waals surface area contributed by atoms with Crippen molar-refractivity contribution < 1.29 is 18.8 Å². The highest BCUT2D eigenvalue weighted by Crippen LogP contribution is 2.39. The minimum Gasteiger partial charge on any atom is -0.378 e. The van der Waals surface area contributed by atoms with E-state index in [2.05, 4.69) is 10.6 Å². The molecule has 1 heterocycles. The molecular weight excluding hydrogens is 485 g/mol. The van der Waals surface area contributed by atoms with Gasteiger partial charge in [-0.2, -0.15) is 0 Å². The number of nitrogens with one attached hydrogen (secondary N) is 2. The molecular formula is C29H32FN5O3. The van der Waals surface area contributed by atoms with Gasteiger partial charge in [-0.15, -0.1) is 0 Å². The van der Waals surface area contributed by atoms with Crippen LogP contribution in [0.5, 0.6) is 0 Å². The maximum absolute atomic E-state index is 15.0. The largest absolute Gasteiger partial charge is 0.378 e. The van der Waals surface area contributed by atoms with Gasteiger partial charge in [0, 0.05) is 32.0 Å². The first-order valence-corrected chi connectivity index (χ1v) is 12.5. The third-order valence-corrected chi connectivity index (χ3v) is 6.31. The summed E-state index contributed by atoms with van der Waals surface area (Å²) in [5, 5.41) is 5.26. The highest BCUT2D eigenvalue weighted by Gasteiger charge is 2.42. The fourth-order valence-corrected chi connectivity index (χ4v) is 4.29. The zero-order valence-electron chi connectivity index (χ0n) is 21.9. The number of carbonyl (C=O) groups is 3. The zero-order valence-corrected chi connectivity index (χ0v) is 21.9. The van der Waals surface area contributed by atoms with Crippen molar-refractivity contribution in [1.82, 2.24) is 5.32 Å². The van der Waals surface area contributed by atoms with Crippen LogP contribution >= 0.6 is 0 Å². The molecule has 0 saturated carbocycles. The summed E-state index contributed by atoms with van der Waals surface area (Å²) < 4.78 is 15.0. The lowest BCUT2D eigenvalue weighted by Crippen LogP contribution is -2.55. The maximum Gasteiger partial charge on any atom is 0.320 e. The van der Waals surface area contributed by atoms with Crippen LogP contribution in [0.15, 0.2) is 72.8 Å². The number of amides is 4. The molecule has 9 heteroatoms. The summed E-state index contributed by atoms with van der Waals surface area (Å²) in [7, 11) is 3.76. The Bertz CT molecular complexity index is 1340. The van der Waals surface area contributed by atoms with Gasteiger partial charge in [-0.3, -0.25) is 14.5 Å². The maximum atomic E-state index is 15.0. The molecule has 2 N–H and O–H groups in total. The molecule has 3 aromatic rings. The molecule has 3 aromatic carbocycles. The zero-order chi connectivity index (χ0) is 27.4. The monoisotopic (exact) mass is 517 g/mol. The second-order valence-electron chi connectivity index (χ2n) is 9.76. The molecule has 0 unspecified atom stereocenters. The number of urea groups is 1. The minimum absolute atomic E-state index is 0.00523. The van der Waals surface area contributed by atoms with Crippen molar-refractivity contribution in [2.24, 2.45) is 5.92 Å². The number of hydrogen-bond donors (Lipinski definition) is 2.